The van der Waals surface area contributed by atoms with E-state index in [1.54, 1.807) is 18.2 Å². The first kappa shape index (κ1) is 20.3. The van der Waals surface area contributed by atoms with Gasteiger partial charge in [-0.25, -0.2) is 4.68 Å². The van der Waals surface area contributed by atoms with Crippen molar-refractivity contribution in [2.24, 2.45) is 0 Å². The first-order valence-corrected chi connectivity index (χ1v) is 8.88. The molecule has 1 aromatic heterocycles. The van der Waals surface area contributed by atoms with E-state index >= 15 is 0 Å². The number of rotatable bonds is 4. The molecule has 0 saturated heterocycles. The molecule has 0 aliphatic carbocycles. The van der Waals surface area contributed by atoms with Gasteiger partial charge in [0.05, 0.1) is 11.3 Å². The summed E-state index contributed by atoms with van der Waals surface area (Å²) >= 11 is 0. The van der Waals surface area contributed by atoms with Crippen molar-refractivity contribution in [3.63, 3.8) is 0 Å². The zero-order chi connectivity index (χ0) is 21.2. The van der Waals surface area contributed by atoms with E-state index in [9.17, 15) is 22.8 Å². The van der Waals surface area contributed by atoms with Crippen LogP contribution in [0.25, 0.3) is 5.69 Å². The summed E-state index contributed by atoms with van der Waals surface area (Å²) in [6.07, 6.45) is -3.75. The number of anilines is 1. The van der Waals surface area contributed by atoms with Gasteiger partial charge in [0.2, 0.25) is 5.43 Å². The monoisotopic (exact) mass is 401 g/mol. The Labute approximate surface area is 164 Å². The van der Waals surface area contributed by atoms with Crippen LogP contribution in [0.2, 0.25) is 0 Å². The third-order valence-corrected chi connectivity index (χ3v) is 4.33. The van der Waals surface area contributed by atoms with Crippen molar-refractivity contribution in [3.05, 3.63) is 87.3 Å². The Bertz CT molecular complexity index is 1120. The maximum Gasteiger partial charge on any atom is 0.416 e. The van der Waals surface area contributed by atoms with Gasteiger partial charge in [0.1, 0.15) is 0 Å². The summed E-state index contributed by atoms with van der Waals surface area (Å²) in [6.45, 7) is 3.50. The average molecular weight is 401 g/mol. The highest BCUT2D eigenvalue weighted by molar-refractivity contribution is 6.02. The molecular weight excluding hydrogens is 383 g/mol. The van der Waals surface area contributed by atoms with Crippen LogP contribution in [0.4, 0.5) is 18.9 Å². The maximum absolute atomic E-state index is 13.0. The molecule has 0 saturated carbocycles. The molecule has 0 unspecified atom stereocenters. The normalized spacial score (nSPS) is 11.3. The summed E-state index contributed by atoms with van der Waals surface area (Å²) in [6, 6.07) is 12.8. The highest BCUT2D eigenvalue weighted by Gasteiger charge is 2.30. The minimum Gasteiger partial charge on any atom is -0.320 e. The number of nitrogens with zero attached hydrogens (tertiary/aromatic N) is 2. The largest absolute Gasteiger partial charge is 0.416 e. The number of aryl methyl sites for hydroxylation is 2. The molecule has 150 valence electrons. The van der Waals surface area contributed by atoms with Crippen molar-refractivity contribution in [2.75, 3.05) is 5.32 Å². The third kappa shape index (κ3) is 4.53. The van der Waals surface area contributed by atoms with Gasteiger partial charge < -0.3 is 5.32 Å². The second-order valence-electron chi connectivity index (χ2n) is 6.47. The maximum atomic E-state index is 13.0. The fourth-order valence-electron chi connectivity index (χ4n) is 2.84. The highest BCUT2D eigenvalue weighted by atomic mass is 19.4. The minimum atomic E-state index is -4.52. The van der Waals surface area contributed by atoms with Crippen LogP contribution in [0, 0.1) is 6.92 Å². The number of aromatic nitrogens is 2. The predicted octanol–water partition coefficient (Wildman–Crippen LogP) is 4.37. The Hall–Kier alpha value is -3.42. The van der Waals surface area contributed by atoms with Gasteiger partial charge in [0.15, 0.2) is 5.69 Å². The number of amides is 1. The summed E-state index contributed by atoms with van der Waals surface area (Å²) in [7, 11) is 0. The molecule has 0 atom stereocenters. The molecule has 0 spiro atoms. The van der Waals surface area contributed by atoms with E-state index in [0.29, 0.717) is 11.4 Å². The molecule has 0 radical (unpaired) electrons. The summed E-state index contributed by atoms with van der Waals surface area (Å²) in [5.41, 5.74) is 0.0306. The van der Waals surface area contributed by atoms with Crippen LogP contribution >= 0.6 is 0 Å². The number of carbonyl (C=O) groups excluding carboxylic acids is 1. The number of alkyl halides is 3. The molecule has 1 heterocycles. The van der Waals surface area contributed by atoms with E-state index in [4.69, 9.17) is 0 Å². The molecule has 3 rings (SSSR count). The zero-order valence-electron chi connectivity index (χ0n) is 15.7. The van der Waals surface area contributed by atoms with Crippen LogP contribution in [-0.4, -0.2) is 15.7 Å². The topological polar surface area (TPSA) is 64.0 Å². The molecule has 1 N–H and O–H groups in total. The van der Waals surface area contributed by atoms with Gasteiger partial charge in [0.25, 0.3) is 5.91 Å². The molecule has 5 nitrogen and oxygen atoms in total. The van der Waals surface area contributed by atoms with E-state index < -0.39 is 28.8 Å². The van der Waals surface area contributed by atoms with Crippen LogP contribution in [0.15, 0.2) is 59.4 Å². The number of nitrogens with one attached hydrogen (secondary N) is 1. The highest BCUT2D eigenvalue weighted by Crippen LogP contribution is 2.30. The Kier molecular flexibility index (Phi) is 5.54. The lowest BCUT2D eigenvalue weighted by Crippen LogP contribution is -2.27. The SMILES string of the molecule is CCc1cccc(NC(=O)c2nn(-c3cccc(C(F)(F)F)c3)c(C)cc2=O)c1. The van der Waals surface area contributed by atoms with Gasteiger partial charge in [-0.1, -0.05) is 25.1 Å². The molecule has 29 heavy (non-hydrogen) atoms. The summed E-state index contributed by atoms with van der Waals surface area (Å²) in [5.74, 6) is -0.732. The van der Waals surface area contributed by atoms with E-state index in [1.807, 2.05) is 13.0 Å². The van der Waals surface area contributed by atoms with Gasteiger partial charge >= 0.3 is 6.18 Å². The molecular formula is C21H18F3N3O2. The van der Waals surface area contributed by atoms with Crippen molar-refractivity contribution in [3.8, 4) is 5.69 Å². The van der Waals surface area contributed by atoms with Crippen molar-refractivity contribution in [1.29, 1.82) is 0 Å². The Balaban J connectivity index is 2.00. The van der Waals surface area contributed by atoms with Gasteiger partial charge in [-0.15, -0.1) is 0 Å². The van der Waals surface area contributed by atoms with E-state index in [2.05, 4.69) is 10.4 Å². The van der Waals surface area contributed by atoms with Gasteiger partial charge in [0, 0.05) is 17.4 Å². The number of carbonyl (C=O) groups is 1. The molecule has 0 aliphatic rings. The standard InChI is InChI=1S/C21H18F3N3O2/c1-3-14-6-4-8-16(11-14)25-20(29)19-18(28)10-13(2)27(26-19)17-9-5-7-15(12-17)21(22,23)24/h4-12H,3H2,1-2H3,(H,25,29). The molecule has 0 aliphatic heterocycles. The summed E-state index contributed by atoms with van der Waals surface area (Å²) in [4.78, 5) is 24.9. The Morgan fingerprint density at radius 1 is 1.10 bits per heavy atom. The van der Waals surface area contributed by atoms with Crippen LogP contribution in [0.3, 0.4) is 0 Å². The molecule has 8 heteroatoms. The molecule has 1 amide bonds. The van der Waals surface area contributed by atoms with Gasteiger partial charge in [-0.05, 0) is 49.2 Å². The van der Waals surface area contributed by atoms with Crippen LogP contribution in [0.1, 0.15) is 34.2 Å². The number of halogens is 3. The number of hydrogen-bond donors (Lipinski definition) is 1. The van der Waals surface area contributed by atoms with Gasteiger partial charge in [-0.3, -0.25) is 9.59 Å². The second-order valence-corrected chi connectivity index (χ2v) is 6.47. The average Bonchev–Trinajstić information content (AvgIpc) is 2.67. The lowest BCUT2D eigenvalue weighted by Gasteiger charge is -2.13. The first-order chi connectivity index (χ1) is 13.7. The van der Waals surface area contributed by atoms with E-state index in [1.165, 1.54) is 25.1 Å². The minimum absolute atomic E-state index is 0.0966. The van der Waals surface area contributed by atoms with Crippen molar-refractivity contribution in [2.45, 2.75) is 26.4 Å². The molecule has 3 aromatic rings. The summed E-state index contributed by atoms with van der Waals surface area (Å²) < 4.78 is 40.2. The van der Waals surface area contributed by atoms with Gasteiger partial charge in [-0.2, -0.15) is 18.3 Å². The number of hydrogen-bond acceptors (Lipinski definition) is 3. The second kappa shape index (κ2) is 7.90. The fraction of sp³-hybridized carbons (Fsp3) is 0.190. The van der Waals surface area contributed by atoms with Crippen LogP contribution in [-0.2, 0) is 12.6 Å². The number of benzene rings is 2. The zero-order valence-corrected chi connectivity index (χ0v) is 15.7. The van der Waals surface area contributed by atoms with E-state index in [-0.39, 0.29) is 5.69 Å². The quantitative estimate of drug-likeness (QED) is 0.706. The lowest BCUT2D eigenvalue weighted by atomic mass is 10.1. The van der Waals surface area contributed by atoms with Crippen LogP contribution in [0.5, 0.6) is 0 Å². The van der Waals surface area contributed by atoms with Crippen molar-refractivity contribution in [1.82, 2.24) is 9.78 Å². The van der Waals surface area contributed by atoms with Crippen LogP contribution < -0.4 is 10.7 Å². The molecule has 0 fully saturated rings. The molecule has 2 aromatic carbocycles. The smallest absolute Gasteiger partial charge is 0.320 e. The predicted molar refractivity (Wildman–Crippen MR) is 103 cm³/mol. The third-order valence-electron chi connectivity index (χ3n) is 4.33. The Morgan fingerprint density at radius 2 is 1.83 bits per heavy atom. The summed E-state index contributed by atoms with van der Waals surface area (Å²) in [5, 5.41) is 6.64. The molecule has 0 bridgehead atoms. The van der Waals surface area contributed by atoms with Crippen molar-refractivity contribution < 1.29 is 18.0 Å². The Morgan fingerprint density at radius 3 is 2.52 bits per heavy atom. The van der Waals surface area contributed by atoms with Crippen molar-refractivity contribution >= 4 is 11.6 Å². The first-order valence-electron chi connectivity index (χ1n) is 8.88. The lowest BCUT2D eigenvalue weighted by molar-refractivity contribution is -0.137. The fourth-order valence-corrected chi connectivity index (χ4v) is 2.84. The van der Waals surface area contributed by atoms with E-state index in [0.717, 1.165) is 28.8 Å².